The Hall–Kier alpha value is -1.67. The fourth-order valence-corrected chi connectivity index (χ4v) is 2.75. The van der Waals surface area contributed by atoms with Gasteiger partial charge in [0.25, 0.3) is 0 Å². The molecule has 1 nitrogen and oxygen atoms in total. The van der Waals surface area contributed by atoms with Gasteiger partial charge in [-0.2, -0.15) is 0 Å². The molecule has 1 unspecified atom stereocenters. The number of hydrogen-bond acceptors (Lipinski definition) is 1. The van der Waals surface area contributed by atoms with E-state index in [0.717, 1.165) is 24.1 Å². The van der Waals surface area contributed by atoms with Crippen molar-refractivity contribution < 1.29 is 4.39 Å². The number of rotatable bonds is 6. The summed E-state index contributed by atoms with van der Waals surface area (Å²) < 4.78 is 14.0. The van der Waals surface area contributed by atoms with E-state index < -0.39 is 0 Å². The fraction of sp³-hybridized carbons (Fsp3) is 0.368. The number of aryl methyl sites for hydroxylation is 1. The number of nitrogens with one attached hydrogen (secondary N) is 1. The third kappa shape index (κ3) is 3.92. The third-order valence-electron chi connectivity index (χ3n) is 4.17. The second-order valence-electron chi connectivity index (χ2n) is 6.09. The number of halogens is 1. The average Bonchev–Trinajstić information content (AvgIpc) is 3.32. The van der Waals surface area contributed by atoms with E-state index in [4.69, 9.17) is 0 Å². The Labute approximate surface area is 126 Å². The van der Waals surface area contributed by atoms with Crippen molar-refractivity contribution in [1.82, 2.24) is 5.32 Å². The van der Waals surface area contributed by atoms with Crippen LogP contribution >= 0.6 is 0 Å². The van der Waals surface area contributed by atoms with Crippen LogP contribution in [0.3, 0.4) is 0 Å². The molecule has 2 heteroatoms. The molecule has 1 atom stereocenters. The van der Waals surface area contributed by atoms with Gasteiger partial charge in [0.05, 0.1) is 0 Å². The van der Waals surface area contributed by atoms with Crippen molar-refractivity contribution >= 4 is 0 Å². The molecular formula is C19H22FN. The Morgan fingerprint density at radius 2 is 1.90 bits per heavy atom. The lowest BCUT2D eigenvalue weighted by Gasteiger charge is -2.19. The van der Waals surface area contributed by atoms with E-state index in [1.807, 2.05) is 25.1 Å². The summed E-state index contributed by atoms with van der Waals surface area (Å²) in [5.41, 5.74) is 3.22. The molecule has 1 fully saturated rings. The van der Waals surface area contributed by atoms with Crippen LogP contribution in [0, 0.1) is 12.7 Å². The van der Waals surface area contributed by atoms with Gasteiger partial charge in [-0.05, 0) is 43.4 Å². The minimum Gasteiger partial charge on any atom is -0.313 e. The van der Waals surface area contributed by atoms with E-state index in [-0.39, 0.29) is 5.82 Å². The SMILES string of the molecule is Cc1ccc(F)c(CC(CNC2CC2)c2ccccc2)c1. The van der Waals surface area contributed by atoms with Crippen LogP contribution in [-0.2, 0) is 6.42 Å². The molecule has 2 aromatic rings. The van der Waals surface area contributed by atoms with Crippen LogP contribution in [0.2, 0.25) is 0 Å². The Bertz CT molecular complexity index is 590. The summed E-state index contributed by atoms with van der Waals surface area (Å²) in [6.45, 7) is 2.94. The topological polar surface area (TPSA) is 12.0 Å². The van der Waals surface area contributed by atoms with E-state index in [2.05, 4.69) is 29.6 Å². The molecule has 0 heterocycles. The van der Waals surface area contributed by atoms with Crippen molar-refractivity contribution in [3.8, 4) is 0 Å². The van der Waals surface area contributed by atoms with E-state index in [1.165, 1.54) is 18.4 Å². The molecule has 1 N–H and O–H groups in total. The average molecular weight is 283 g/mol. The van der Waals surface area contributed by atoms with Gasteiger partial charge in [-0.15, -0.1) is 0 Å². The van der Waals surface area contributed by atoms with Crippen LogP contribution < -0.4 is 5.32 Å². The fourth-order valence-electron chi connectivity index (χ4n) is 2.75. The van der Waals surface area contributed by atoms with E-state index in [1.54, 1.807) is 6.07 Å². The first-order valence-electron chi connectivity index (χ1n) is 7.76. The lowest BCUT2D eigenvalue weighted by atomic mass is 9.91. The molecule has 21 heavy (non-hydrogen) atoms. The zero-order chi connectivity index (χ0) is 14.7. The highest BCUT2D eigenvalue weighted by molar-refractivity contribution is 5.28. The molecule has 0 amide bonds. The largest absolute Gasteiger partial charge is 0.313 e. The maximum atomic E-state index is 14.0. The molecular weight excluding hydrogens is 261 g/mol. The molecule has 1 saturated carbocycles. The van der Waals surface area contributed by atoms with Gasteiger partial charge in [0, 0.05) is 18.5 Å². The third-order valence-corrected chi connectivity index (χ3v) is 4.17. The second kappa shape index (κ2) is 6.40. The maximum Gasteiger partial charge on any atom is 0.126 e. The molecule has 0 aromatic heterocycles. The van der Waals surface area contributed by atoms with Crippen LogP contribution in [0.1, 0.15) is 35.4 Å². The van der Waals surface area contributed by atoms with Crippen molar-refractivity contribution in [3.05, 3.63) is 71.0 Å². The standard InChI is InChI=1S/C19H22FN/c1-14-7-10-19(20)16(11-14)12-17(13-21-18-8-9-18)15-5-3-2-4-6-15/h2-7,10-11,17-18,21H,8-9,12-13H2,1H3. The Morgan fingerprint density at radius 3 is 2.62 bits per heavy atom. The quantitative estimate of drug-likeness (QED) is 0.837. The molecule has 0 aliphatic heterocycles. The van der Waals surface area contributed by atoms with Gasteiger partial charge in [0.2, 0.25) is 0 Å². The Kier molecular flexibility index (Phi) is 4.35. The van der Waals surface area contributed by atoms with Crippen LogP contribution in [0.15, 0.2) is 48.5 Å². The summed E-state index contributed by atoms with van der Waals surface area (Å²) in [7, 11) is 0. The highest BCUT2D eigenvalue weighted by Crippen LogP contribution is 2.25. The normalized spacial score (nSPS) is 15.9. The molecule has 1 aliphatic carbocycles. The lowest BCUT2D eigenvalue weighted by Crippen LogP contribution is -2.25. The first-order valence-corrected chi connectivity index (χ1v) is 7.76. The van der Waals surface area contributed by atoms with Gasteiger partial charge in [0.15, 0.2) is 0 Å². The molecule has 2 aromatic carbocycles. The highest BCUT2D eigenvalue weighted by Gasteiger charge is 2.23. The minimum absolute atomic E-state index is 0.0899. The van der Waals surface area contributed by atoms with Gasteiger partial charge < -0.3 is 5.32 Å². The zero-order valence-corrected chi connectivity index (χ0v) is 12.5. The highest BCUT2D eigenvalue weighted by atomic mass is 19.1. The minimum atomic E-state index is -0.0899. The van der Waals surface area contributed by atoms with E-state index in [0.29, 0.717) is 12.0 Å². The van der Waals surface area contributed by atoms with Crippen molar-refractivity contribution in [1.29, 1.82) is 0 Å². The predicted molar refractivity (Wildman–Crippen MR) is 85.0 cm³/mol. The maximum absolute atomic E-state index is 14.0. The van der Waals surface area contributed by atoms with Crippen molar-refractivity contribution in [3.63, 3.8) is 0 Å². The summed E-state index contributed by atoms with van der Waals surface area (Å²) in [5.74, 6) is 0.232. The summed E-state index contributed by atoms with van der Waals surface area (Å²) >= 11 is 0. The van der Waals surface area contributed by atoms with E-state index >= 15 is 0 Å². The molecule has 0 radical (unpaired) electrons. The predicted octanol–water partition coefficient (Wildman–Crippen LogP) is 4.21. The van der Waals surface area contributed by atoms with Gasteiger partial charge in [-0.25, -0.2) is 4.39 Å². The molecule has 3 rings (SSSR count). The van der Waals surface area contributed by atoms with Gasteiger partial charge in [-0.1, -0.05) is 48.0 Å². The number of benzene rings is 2. The Morgan fingerprint density at radius 1 is 1.14 bits per heavy atom. The molecule has 0 saturated heterocycles. The van der Waals surface area contributed by atoms with Crippen LogP contribution in [0.5, 0.6) is 0 Å². The van der Waals surface area contributed by atoms with Gasteiger partial charge in [-0.3, -0.25) is 0 Å². The van der Waals surface area contributed by atoms with Gasteiger partial charge in [0.1, 0.15) is 5.82 Å². The summed E-state index contributed by atoms with van der Waals surface area (Å²) in [6, 6.07) is 16.5. The second-order valence-corrected chi connectivity index (χ2v) is 6.09. The van der Waals surface area contributed by atoms with Crippen molar-refractivity contribution in [2.75, 3.05) is 6.54 Å². The molecule has 0 spiro atoms. The van der Waals surface area contributed by atoms with Crippen molar-refractivity contribution in [2.45, 2.75) is 38.1 Å². The summed E-state index contributed by atoms with van der Waals surface area (Å²) in [6.07, 6.45) is 3.30. The van der Waals surface area contributed by atoms with Crippen LogP contribution in [0.25, 0.3) is 0 Å². The smallest absolute Gasteiger partial charge is 0.126 e. The van der Waals surface area contributed by atoms with Crippen molar-refractivity contribution in [2.24, 2.45) is 0 Å². The molecule has 0 bridgehead atoms. The monoisotopic (exact) mass is 283 g/mol. The molecule has 110 valence electrons. The van der Waals surface area contributed by atoms with Crippen LogP contribution in [0.4, 0.5) is 4.39 Å². The Balaban J connectivity index is 1.78. The lowest BCUT2D eigenvalue weighted by molar-refractivity contribution is 0.552. The van der Waals surface area contributed by atoms with Gasteiger partial charge >= 0.3 is 0 Å². The van der Waals surface area contributed by atoms with Crippen LogP contribution in [-0.4, -0.2) is 12.6 Å². The number of hydrogen-bond donors (Lipinski definition) is 1. The van der Waals surface area contributed by atoms with E-state index in [9.17, 15) is 4.39 Å². The zero-order valence-electron chi connectivity index (χ0n) is 12.5. The summed E-state index contributed by atoms with van der Waals surface area (Å²) in [4.78, 5) is 0. The first kappa shape index (κ1) is 14.3. The molecule has 1 aliphatic rings. The first-order chi connectivity index (χ1) is 10.2. The summed E-state index contributed by atoms with van der Waals surface area (Å²) in [5, 5.41) is 3.59.